The van der Waals surface area contributed by atoms with Crippen LogP contribution in [0.4, 0.5) is 0 Å². The highest BCUT2D eigenvalue weighted by Crippen LogP contribution is 2.42. The summed E-state index contributed by atoms with van der Waals surface area (Å²) in [4.78, 5) is 0. The Morgan fingerprint density at radius 2 is 1.36 bits per heavy atom. The molecule has 1 aliphatic rings. The van der Waals surface area contributed by atoms with Crippen LogP contribution in [0.2, 0.25) is 0 Å². The van der Waals surface area contributed by atoms with Gasteiger partial charge in [0.1, 0.15) is 0 Å². The van der Waals surface area contributed by atoms with Crippen LogP contribution in [0.5, 0.6) is 0 Å². The minimum atomic E-state index is 0.0512. The van der Waals surface area contributed by atoms with Gasteiger partial charge in [-0.05, 0) is 60.7 Å². The van der Waals surface area contributed by atoms with Crippen LogP contribution in [0.15, 0.2) is 109 Å². The van der Waals surface area contributed by atoms with Gasteiger partial charge in [0.15, 0.2) is 24.0 Å². The summed E-state index contributed by atoms with van der Waals surface area (Å²) in [5.41, 5.74) is 13.6. The van der Waals surface area contributed by atoms with Gasteiger partial charge in [0, 0.05) is 60.6 Å². The van der Waals surface area contributed by atoms with Crippen molar-refractivity contribution in [2.24, 2.45) is 0 Å². The van der Waals surface area contributed by atoms with Crippen molar-refractivity contribution in [1.82, 2.24) is 0 Å². The molecule has 0 fully saturated rings. The molecule has 0 radical (unpaired) electrons. The molecule has 0 spiro atoms. The lowest BCUT2D eigenvalue weighted by Crippen LogP contribution is -2.57. The van der Waals surface area contributed by atoms with Crippen molar-refractivity contribution in [3.05, 3.63) is 132 Å². The zero-order chi connectivity index (χ0) is 30.7. The first-order valence-corrected chi connectivity index (χ1v) is 16.8. The molecule has 0 aliphatic carbocycles. The zero-order valence-corrected chi connectivity index (χ0v) is 27.3. The van der Waals surface area contributed by atoms with Crippen LogP contribution in [0.1, 0.15) is 81.2 Å². The van der Waals surface area contributed by atoms with E-state index in [2.05, 4.69) is 153 Å². The van der Waals surface area contributed by atoms with Gasteiger partial charge in [0.25, 0.3) is 0 Å². The highest BCUT2D eigenvalue weighted by Gasteiger charge is 2.46. The van der Waals surface area contributed by atoms with E-state index in [9.17, 15) is 0 Å². The number of aromatic nitrogens is 2. The molecule has 3 aromatic carbocycles. The molecule has 6 rings (SSSR count). The number of aryl methyl sites for hydroxylation is 2. The van der Waals surface area contributed by atoms with Gasteiger partial charge in [0.05, 0.1) is 5.92 Å². The van der Waals surface area contributed by atoms with Gasteiger partial charge in [-0.1, -0.05) is 93.9 Å². The predicted molar refractivity (Wildman–Crippen MR) is 184 cm³/mol. The Labute approximate surface area is 265 Å². The predicted octanol–water partition coefficient (Wildman–Crippen LogP) is 9.92. The fraction of sp³-hybridized carbons (Fsp3) is 0.333. The Morgan fingerprint density at radius 3 is 2.09 bits per heavy atom. The largest absolute Gasteiger partial charge is 0.213 e. The number of rotatable bonds is 9. The molecule has 2 aromatic heterocycles. The van der Waals surface area contributed by atoms with E-state index in [1.165, 1.54) is 68.9 Å². The summed E-state index contributed by atoms with van der Waals surface area (Å²) in [7, 11) is 0. The normalized spacial score (nSPS) is 15.3. The number of hydrogen-bond acceptors (Lipinski definition) is 0. The van der Waals surface area contributed by atoms with Gasteiger partial charge in [0.2, 0.25) is 11.4 Å². The fourth-order valence-corrected chi connectivity index (χ4v) is 7.65. The second-order valence-corrected chi connectivity index (χ2v) is 12.8. The number of benzene rings is 3. The van der Waals surface area contributed by atoms with Crippen LogP contribution in [-0.4, -0.2) is 0 Å². The van der Waals surface area contributed by atoms with E-state index in [-0.39, 0.29) is 5.54 Å². The van der Waals surface area contributed by atoms with Gasteiger partial charge in [-0.15, -0.1) is 0 Å². The lowest BCUT2D eigenvalue weighted by atomic mass is 9.80. The van der Waals surface area contributed by atoms with Crippen LogP contribution in [0.3, 0.4) is 0 Å². The van der Waals surface area contributed by atoms with Crippen molar-refractivity contribution in [2.75, 3.05) is 0 Å². The molecule has 1 aliphatic heterocycles. The van der Waals surface area contributed by atoms with Crippen LogP contribution in [0.25, 0.3) is 33.6 Å². The van der Waals surface area contributed by atoms with Crippen LogP contribution in [0, 0.1) is 13.8 Å². The highest BCUT2D eigenvalue weighted by atomic mass is 15.1. The number of fused-ring (bicyclic) bond motifs is 3. The van der Waals surface area contributed by atoms with E-state index in [1.807, 2.05) is 0 Å². The standard InChI is InChI=1S/C42H48N2/c1-6-9-18-33-24-26-41-39-23-16-15-22-38(39)35(28-42(7-2,8-3)44(41)29-33)30-43-32(5)37(34-19-11-10-12-20-34)25-27-40(43)36-21-14-13-17-31(36)4/h10-17,19-27,29,35H,6-9,18,28,30H2,1-5H3/q+2. The lowest BCUT2D eigenvalue weighted by molar-refractivity contribution is -0.760. The van der Waals surface area contributed by atoms with E-state index in [1.54, 1.807) is 0 Å². The third-order valence-corrected chi connectivity index (χ3v) is 10.4. The number of unbranched alkanes of at least 4 members (excludes halogenated alkanes) is 1. The van der Waals surface area contributed by atoms with Gasteiger partial charge < -0.3 is 0 Å². The van der Waals surface area contributed by atoms with Crippen molar-refractivity contribution in [3.63, 3.8) is 0 Å². The average Bonchev–Trinajstić information content (AvgIpc) is 3.18. The van der Waals surface area contributed by atoms with Crippen LogP contribution >= 0.6 is 0 Å². The molecule has 0 saturated carbocycles. The minimum Gasteiger partial charge on any atom is -0.195 e. The maximum Gasteiger partial charge on any atom is 0.213 e. The van der Waals surface area contributed by atoms with Gasteiger partial charge >= 0.3 is 0 Å². The Bertz CT molecular complexity index is 1750. The molecule has 2 heteroatoms. The van der Waals surface area contributed by atoms with E-state index in [0.29, 0.717) is 5.92 Å². The number of pyridine rings is 2. The van der Waals surface area contributed by atoms with Gasteiger partial charge in [-0.25, -0.2) is 0 Å². The molecule has 2 nitrogen and oxygen atoms in total. The quantitative estimate of drug-likeness (QED) is 0.153. The van der Waals surface area contributed by atoms with Crippen molar-refractivity contribution >= 4 is 0 Å². The average molecular weight is 581 g/mol. The maximum absolute atomic E-state index is 2.69. The summed E-state index contributed by atoms with van der Waals surface area (Å²) in [5.74, 6) is 0.364. The second kappa shape index (κ2) is 12.9. The Hall–Kier alpha value is -4.04. The molecule has 1 unspecified atom stereocenters. The van der Waals surface area contributed by atoms with E-state index in [0.717, 1.165) is 32.2 Å². The van der Waals surface area contributed by atoms with Crippen molar-refractivity contribution in [2.45, 2.75) is 91.1 Å². The van der Waals surface area contributed by atoms with Gasteiger partial charge in [-0.2, -0.15) is 9.13 Å². The van der Waals surface area contributed by atoms with Crippen molar-refractivity contribution in [3.8, 4) is 33.6 Å². The first-order chi connectivity index (χ1) is 21.5. The summed E-state index contributed by atoms with van der Waals surface area (Å²) in [6.45, 7) is 12.6. The lowest BCUT2D eigenvalue weighted by Gasteiger charge is -2.29. The van der Waals surface area contributed by atoms with Crippen molar-refractivity contribution in [1.29, 1.82) is 0 Å². The van der Waals surface area contributed by atoms with Crippen LogP contribution < -0.4 is 9.13 Å². The maximum atomic E-state index is 2.69. The molecule has 5 aromatic rings. The first kappa shape index (κ1) is 30.0. The van der Waals surface area contributed by atoms with Crippen LogP contribution in [-0.2, 0) is 18.5 Å². The molecule has 0 bridgehead atoms. The number of hydrogen-bond donors (Lipinski definition) is 0. The fourth-order valence-electron chi connectivity index (χ4n) is 7.65. The van der Waals surface area contributed by atoms with Gasteiger partial charge in [-0.3, -0.25) is 0 Å². The first-order valence-electron chi connectivity index (χ1n) is 16.8. The van der Waals surface area contributed by atoms with E-state index < -0.39 is 0 Å². The summed E-state index contributed by atoms with van der Waals surface area (Å²) in [6, 6.07) is 38.5. The van der Waals surface area contributed by atoms with Crippen molar-refractivity contribution < 1.29 is 9.13 Å². The zero-order valence-electron chi connectivity index (χ0n) is 27.3. The molecular weight excluding hydrogens is 532 g/mol. The summed E-state index contributed by atoms with van der Waals surface area (Å²) < 4.78 is 5.33. The summed E-state index contributed by atoms with van der Waals surface area (Å²) in [6.07, 6.45) is 9.45. The van der Waals surface area contributed by atoms with E-state index >= 15 is 0 Å². The molecular formula is C42H48N2+2. The molecule has 3 heterocycles. The molecule has 0 saturated heterocycles. The molecule has 224 valence electrons. The smallest absolute Gasteiger partial charge is 0.195 e. The molecule has 1 atom stereocenters. The molecule has 0 amide bonds. The molecule has 0 N–H and O–H groups in total. The Kier molecular flexibility index (Phi) is 8.80. The summed E-state index contributed by atoms with van der Waals surface area (Å²) >= 11 is 0. The molecule has 44 heavy (non-hydrogen) atoms. The third-order valence-electron chi connectivity index (χ3n) is 10.4. The SMILES string of the molecule is CCCCc1ccc2[n+](c1)C(CC)(CC)CC(C[n+]1c(-c3ccccc3C)ccc(-c3ccccc3)c1C)c1ccccc1-2. The Morgan fingerprint density at radius 1 is 0.682 bits per heavy atom. The Balaban J connectivity index is 1.54. The highest BCUT2D eigenvalue weighted by molar-refractivity contribution is 5.68. The third kappa shape index (κ3) is 5.52. The summed E-state index contributed by atoms with van der Waals surface area (Å²) in [5, 5.41) is 0. The topological polar surface area (TPSA) is 7.76 Å². The van der Waals surface area contributed by atoms with E-state index in [4.69, 9.17) is 0 Å². The minimum absolute atomic E-state index is 0.0512. The monoisotopic (exact) mass is 580 g/mol. The number of nitrogens with zero attached hydrogens (tertiary/aromatic N) is 2. The second-order valence-electron chi connectivity index (χ2n) is 12.8.